The third-order valence-electron chi connectivity index (χ3n) is 3.51. The van der Waals surface area contributed by atoms with Crippen LogP contribution < -0.4 is 10.6 Å². The van der Waals surface area contributed by atoms with Crippen LogP contribution in [-0.4, -0.2) is 33.8 Å². The molecule has 1 fully saturated rings. The van der Waals surface area contributed by atoms with Crippen LogP contribution in [0.15, 0.2) is 35.3 Å². The highest BCUT2D eigenvalue weighted by atomic mass is 79.9. The summed E-state index contributed by atoms with van der Waals surface area (Å²) in [6, 6.07) is 2.14. The molecule has 2 aromatic rings. The Morgan fingerprint density at radius 1 is 1.33 bits per heavy atom. The predicted octanol–water partition coefficient (Wildman–Crippen LogP) is 2.22. The highest BCUT2D eigenvalue weighted by Gasteiger charge is 2.16. The largest absolute Gasteiger partial charge is 0.319 e. The van der Waals surface area contributed by atoms with Gasteiger partial charge >= 0.3 is 0 Å². The summed E-state index contributed by atoms with van der Waals surface area (Å²) in [5.74, 6) is -0.186. The number of pyridine rings is 1. The zero-order chi connectivity index (χ0) is 14.7. The fourth-order valence-electron chi connectivity index (χ4n) is 2.41. The SMILES string of the molecule is O=C(Nc1cnn(C2CCNCC2)c1)c1cncc(Br)c1. The molecular formula is C14H16BrN5O. The second-order valence-corrected chi connectivity index (χ2v) is 5.95. The Morgan fingerprint density at radius 2 is 2.14 bits per heavy atom. The van der Waals surface area contributed by atoms with Crippen molar-refractivity contribution in [2.75, 3.05) is 18.4 Å². The number of piperidine rings is 1. The lowest BCUT2D eigenvalue weighted by molar-refractivity contribution is 0.102. The molecule has 1 amide bonds. The molecule has 0 spiro atoms. The minimum absolute atomic E-state index is 0.186. The Morgan fingerprint density at radius 3 is 2.90 bits per heavy atom. The number of halogens is 1. The minimum Gasteiger partial charge on any atom is -0.319 e. The van der Waals surface area contributed by atoms with Crippen molar-refractivity contribution in [3.63, 3.8) is 0 Å². The molecule has 1 aliphatic rings. The van der Waals surface area contributed by atoms with Crippen LogP contribution in [0.3, 0.4) is 0 Å². The van der Waals surface area contributed by atoms with E-state index in [1.165, 1.54) is 6.20 Å². The molecule has 0 bridgehead atoms. The van der Waals surface area contributed by atoms with Crippen LogP contribution in [0.4, 0.5) is 5.69 Å². The lowest BCUT2D eigenvalue weighted by Crippen LogP contribution is -2.29. The van der Waals surface area contributed by atoms with Gasteiger partial charge in [-0.05, 0) is 47.9 Å². The van der Waals surface area contributed by atoms with Crippen LogP contribution in [0.25, 0.3) is 0 Å². The van der Waals surface area contributed by atoms with E-state index in [1.54, 1.807) is 18.5 Å². The fraction of sp³-hybridized carbons (Fsp3) is 0.357. The van der Waals surface area contributed by atoms with E-state index >= 15 is 0 Å². The maximum Gasteiger partial charge on any atom is 0.257 e. The summed E-state index contributed by atoms with van der Waals surface area (Å²) in [6.07, 6.45) is 8.88. The first kappa shape index (κ1) is 14.2. The van der Waals surface area contributed by atoms with Gasteiger partial charge in [-0.15, -0.1) is 0 Å². The number of hydrogen-bond acceptors (Lipinski definition) is 4. The van der Waals surface area contributed by atoms with Crippen molar-refractivity contribution >= 4 is 27.5 Å². The Labute approximate surface area is 131 Å². The van der Waals surface area contributed by atoms with Gasteiger partial charge in [0.2, 0.25) is 0 Å². The standard InChI is InChI=1S/C14H16BrN5O/c15-11-5-10(6-17-7-11)14(21)19-12-8-18-20(9-12)13-1-3-16-4-2-13/h5-9,13,16H,1-4H2,(H,19,21). The van der Waals surface area contributed by atoms with Crippen LogP contribution in [0, 0.1) is 0 Å². The quantitative estimate of drug-likeness (QED) is 0.891. The molecule has 3 heterocycles. The van der Waals surface area contributed by atoms with Crippen LogP contribution >= 0.6 is 15.9 Å². The van der Waals surface area contributed by atoms with Gasteiger partial charge in [-0.25, -0.2) is 0 Å². The lowest BCUT2D eigenvalue weighted by Gasteiger charge is -2.22. The van der Waals surface area contributed by atoms with Gasteiger partial charge in [0.1, 0.15) is 0 Å². The Balaban J connectivity index is 1.68. The average molecular weight is 350 g/mol. The molecule has 1 saturated heterocycles. The molecule has 6 nitrogen and oxygen atoms in total. The second kappa shape index (κ2) is 6.36. The summed E-state index contributed by atoms with van der Waals surface area (Å²) in [5.41, 5.74) is 1.22. The number of aromatic nitrogens is 3. The number of carbonyl (C=O) groups excluding carboxylic acids is 1. The smallest absolute Gasteiger partial charge is 0.257 e. The van der Waals surface area contributed by atoms with Gasteiger partial charge in [-0.3, -0.25) is 14.5 Å². The Bertz CT molecular complexity index is 636. The number of nitrogens with one attached hydrogen (secondary N) is 2. The first-order valence-electron chi connectivity index (χ1n) is 6.89. The molecule has 110 valence electrons. The molecule has 1 aliphatic heterocycles. The lowest BCUT2D eigenvalue weighted by atomic mass is 10.1. The summed E-state index contributed by atoms with van der Waals surface area (Å²) in [7, 11) is 0. The molecular weight excluding hydrogens is 334 g/mol. The summed E-state index contributed by atoms with van der Waals surface area (Å²) in [6.45, 7) is 2.02. The van der Waals surface area contributed by atoms with Gasteiger partial charge in [0.05, 0.1) is 23.5 Å². The predicted molar refractivity (Wildman–Crippen MR) is 83.3 cm³/mol. The summed E-state index contributed by atoms with van der Waals surface area (Å²) in [4.78, 5) is 16.1. The Kier molecular flexibility index (Phi) is 4.31. The molecule has 0 saturated carbocycles. The molecule has 0 atom stereocenters. The van der Waals surface area contributed by atoms with Crippen molar-refractivity contribution < 1.29 is 4.79 Å². The van der Waals surface area contributed by atoms with Gasteiger partial charge in [-0.1, -0.05) is 0 Å². The normalized spacial score (nSPS) is 15.9. The number of amides is 1. The zero-order valence-electron chi connectivity index (χ0n) is 11.4. The number of carbonyl (C=O) groups is 1. The summed E-state index contributed by atoms with van der Waals surface area (Å²) < 4.78 is 2.72. The minimum atomic E-state index is -0.186. The van der Waals surface area contributed by atoms with Crippen LogP contribution in [0.1, 0.15) is 29.2 Å². The monoisotopic (exact) mass is 349 g/mol. The van der Waals surface area contributed by atoms with E-state index in [9.17, 15) is 4.79 Å². The molecule has 21 heavy (non-hydrogen) atoms. The van der Waals surface area contributed by atoms with Gasteiger partial charge in [0.25, 0.3) is 5.91 Å². The van der Waals surface area contributed by atoms with E-state index in [0.717, 1.165) is 30.4 Å². The number of rotatable bonds is 3. The van der Waals surface area contributed by atoms with Crippen molar-refractivity contribution in [1.29, 1.82) is 0 Å². The van der Waals surface area contributed by atoms with Crippen LogP contribution in [0.2, 0.25) is 0 Å². The van der Waals surface area contributed by atoms with Crippen LogP contribution in [-0.2, 0) is 0 Å². The third kappa shape index (κ3) is 3.48. The molecule has 0 aromatic carbocycles. The second-order valence-electron chi connectivity index (χ2n) is 5.04. The zero-order valence-corrected chi connectivity index (χ0v) is 13.0. The van der Waals surface area contributed by atoms with E-state index in [4.69, 9.17) is 0 Å². The van der Waals surface area contributed by atoms with E-state index in [2.05, 4.69) is 36.6 Å². The van der Waals surface area contributed by atoms with Gasteiger partial charge in [0, 0.05) is 23.1 Å². The average Bonchev–Trinajstić information content (AvgIpc) is 2.97. The highest BCUT2D eigenvalue weighted by Crippen LogP contribution is 2.20. The molecule has 0 unspecified atom stereocenters. The first-order chi connectivity index (χ1) is 10.2. The number of anilines is 1. The van der Waals surface area contributed by atoms with Crippen molar-refractivity contribution in [2.45, 2.75) is 18.9 Å². The van der Waals surface area contributed by atoms with Gasteiger partial charge < -0.3 is 10.6 Å². The van der Waals surface area contributed by atoms with Gasteiger partial charge in [0.15, 0.2) is 0 Å². The van der Waals surface area contributed by atoms with Crippen molar-refractivity contribution in [1.82, 2.24) is 20.1 Å². The summed E-state index contributed by atoms with van der Waals surface area (Å²) in [5, 5.41) is 10.5. The topological polar surface area (TPSA) is 71.8 Å². The summed E-state index contributed by atoms with van der Waals surface area (Å²) >= 11 is 3.31. The number of hydrogen-bond donors (Lipinski definition) is 2. The Hall–Kier alpha value is -1.73. The number of nitrogens with zero attached hydrogens (tertiary/aromatic N) is 3. The molecule has 2 aromatic heterocycles. The van der Waals surface area contributed by atoms with E-state index in [0.29, 0.717) is 17.3 Å². The van der Waals surface area contributed by atoms with Crippen molar-refractivity contribution in [3.05, 3.63) is 40.9 Å². The highest BCUT2D eigenvalue weighted by molar-refractivity contribution is 9.10. The van der Waals surface area contributed by atoms with E-state index in [-0.39, 0.29) is 5.91 Å². The van der Waals surface area contributed by atoms with Crippen LogP contribution in [0.5, 0.6) is 0 Å². The molecule has 3 rings (SSSR count). The van der Waals surface area contributed by atoms with Crippen molar-refractivity contribution in [3.8, 4) is 0 Å². The molecule has 0 radical (unpaired) electrons. The van der Waals surface area contributed by atoms with E-state index in [1.807, 2.05) is 10.9 Å². The maximum atomic E-state index is 12.1. The molecule has 7 heteroatoms. The third-order valence-corrected chi connectivity index (χ3v) is 3.94. The molecule has 0 aliphatic carbocycles. The first-order valence-corrected chi connectivity index (χ1v) is 7.68. The van der Waals surface area contributed by atoms with Crippen molar-refractivity contribution in [2.24, 2.45) is 0 Å². The maximum absolute atomic E-state index is 12.1. The van der Waals surface area contributed by atoms with E-state index < -0.39 is 0 Å². The molecule has 2 N–H and O–H groups in total. The van der Waals surface area contributed by atoms with Gasteiger partial charge in [-0.2, -0.15) is 5.10 Å². The fourth-order valence-corrected chi connectivity index (χ4v) is 2.78.